The fourth-order valence-electron chi connectivity index (χ4n) is 4.56. The Hall–Kier alpha value is -3.42. The van der Waals surface area contributed by atoms with E-state index in [4.69, 9.17) is 14.5 Å². The van der Waals surface area contributed by atoms with E-state index in [1.54, 1.807) is 12.3 Å². The Balaban J connectivity index is 1.37. The number of aromatic nitrogens is 4. The fourth-order valence-corrected chi connectivity index (χ4v) is 4.56. The highest BCUT2D eigenvalue weighted by Gasteiger charge is 2.28. The molecule has 7 nitrogen and oxygen atoms in total. The number of hydrogen-bond donors (Lipinski definition) is 0. The minimum absolute atomic E-state index is 0.169. The maximum atomic E-state index is 14.2. The molecule has 0 saturated carbocycles. The summed E-state index contributed by atoms with van der Waals surface area (Å²) in [6.07, 6.45) is 4.69. The lowest BCUT2D eigenvalue weighted by Crippen LogP contribution is -2.47. The summed E-state index contributed by atoms with van der Waals surface area (Å²) in [5.74, 6) is 2.69. The van der Waals surface area contributed by atoms with Crippen LogP contribution in [0.3, 0.4) is 0 Å². The Morgan fingerprint density at radius 3 is 2.53 bits per heavy atom. The number of benzene rings is 1. The summed E-state index contributed by atoms with van der Waals surface area (Å²) in [6.45, 7) is 3.07. The van der Waals surface area contributed by atoms with Gasteiger partial charge in [-0.3, -0.25) is 0 Å². The molecule has 3 aromatic heterocycles. The fraction of sp³-hybridized carbons (Fsp3) is 0.318. The number of fused-ring (bicyclic) bond motifs is 2. The minimum Gasteiger partial charge on any atom is -0.461 e. The molecule has 0 bridgehead atoms. The van der Waals surface area contributed by atoms with Crippen LogP contribution in [-0.4, -0.2) is 45.8 Å². The molecule has 6 rings (SSSR count). The summed E-state index contributed by atoms with van der Waals surface area (Å²) in [5.41, 5.74) is 3.05. The van der Waals surface area contributed by atoms with Crippen LogP contribution in [0.4, 0.5) is 15.9 Å². The predicted molar refractivity (Wildman–Crippen MR) is 111 cm³/mol. The van der Waals surface area contributed by atoms with E-state index in [9.17, 15) is 4.39 Å². The minimum atomic E-state index is -0.169. The SMILES string of the molecule is Fc1ccccc1N1CCN(c2c3c(nc4nc(-c5ccco5)nn24)CCC3)CC1. The standard InChI is InChI=1S/C22H21FN6O/c23-16-6-1-2-8-18(16)27-10-12-28(13-11-27)21-15-5-3-7-17(15)24-22-25-20(26-29(21)22)19-9-4-14-30-19/h1-2,4,6,8-9,14H,3,5,7,10-13H2. The lowest BCUT2D eigenvalue weighted by Gasteiger charge is -2.38. The highest BCUT2D eigenvalue weighted by molar-refractivity contribution is 5.60. The Morgan fingerprint density at radius 2 is 1.73 bits per heavy atom. The van der Waals surface area contributed by atoms with Gasteiger partial charge in [0.1, 0.15) is 11.6 Å². The summed E-state index contributed by atoms with van der Waals surface area (Å²) >= 11 is 0. The molecule has 8 heteroatoms. The van der Waals surface area contributed by atoms with Gasteiger partial charge in [-0.05, 0) is 43.5 Å². The second kappa shape index (κ2) is 6.83. The molecule has 0 spiro atoms. The van der Waals surface area contributed by atoms with Crippen molar-refractivity contribution in [3.05, 3.63) is 59.7 Å². The number of aryl methyl sites for hydroxylation is 1. The topological polar surface area (TPSA) is 62.7 Å². The summed E-state index contributed by atoms with van der Waals surface area (Å²) in [7, 11) is 0. The first-order valence-corrected chi connectivity index (χ1v) is 10.3. The maximum absolute atomic E-state index is 14.2. The first-order chi connectivity index (χ1) is 14.8. The van der Waals surface area contributed by atoms with Crippen LogP contribution in [0.2, 0.25) is 0 Å². The van der Waals surface area contributed by atoms with Crippen LogP contribution in [0.1, 0.15) is 17.7 Å². The third-order valence-electron chi connectivity index (χ3n) is 6.00. The molecule has 1 fully saturated rings. The number of rotatable bonds is 3. The summed E-state index contributed by atoms with van der Waals surface area (Å²) in [6, 6.07) is 10.7. The number of anilines is 2. The van der Waals surface area contributed by atoms with Crippen LogP contribution in [0.5, 0.6) is 0 Å². The van der Waals surface area contributed by atoms with Crippen LogP contribution in [0.15, 0.2) is 47.1 Å². The first-order valence-electron chi connectivity index (χ1n) is 10.3. The van der Waals surface area contributed by atoms with Crippen molar-refractivity contribution >= 4 is 17.3 Å². The maximum Gasteiger partial charge on any atom is 0.255 e. The average Bonchev–Trinajstić information content (AvgIpc) is 3.52. The van der Waals surface area contributed by atoms with Crippen LogP contribution in [-0.2, 0) is 12.8 Å². The van der Waals surface area contributed by atoms with Crippen LogP contribution in [0.25, 0.3) is 17.4 Å². The van der Waals surface area contributed by atoms with Gasteiger partial charge in [-0.25, -0.2) is 9.37 Å². The van der Waals surface area contributed by atoms with E-state index in [0.717, 1.165) is 57.0 Å². The second-order valence-corrected chi connectivity index (χ2v) is 7.76. The van der Waals surface area contributed by atoms with Gasteiger partial charge in [0.2, 0.25) is 5.82 Å². The molecule has 2 aliphatic rings. The molecule has 1 aliphatic heterocycles. The lowest BCUT2D eigenvalue weighted by molar-refractivity contribution is 0.576. The molecule has 152 valence electrons. The van der Waals surface area contributed by atoms with E-state index < -0.39 is 0 Å². The molecular formula is C22H21FN6O. The Labute approximate surface area is 172 Å². The molecule has 1 saturated heterocycles. The zero-order valence-corrected chi connectivity index (χ0v) is 16.5. The first kappa shape index (κ1) is 17.4. The van der Waals surface area contributed by atoms with Crippen molar-refractivity contribution in [3.63, 3.8) is 0 Å². The molecule has 0 N–H and O–H groups in total. The van der Waals surface area contributed by atoms with Crippen LogP contribution >= 0.6 is 0 Å². The van der Waals surface area contributed by atoms with Crippen LogP contribution in [0, 0.1) is 5.82 Å². The Morgan fingerprint density at radius 1 is 0.900 bits per heavy atom. The summed E-state index contributed by atoms with van der Waals surface area (Å²) < 4.78 is 21.6. The highest BCUT2D eigenvalue weighted by atomic mass is 19.1. The number of piperazine rings is 1. The van der Waals surface area contributed by atoms with E-state index in [1.165, 1.54) is 11.6 Å². The van der Waals surface area contributed by atoms with Gasteiger partial charge in [0.05, 0.1) is 17.6 Å². The molecule has 30 heavy (non-hydrogen) atoms. The summed E-state index contributed by atoms with van der Waals surface area (Å²) in [5, 5.41) is 4.73. The van der Waals surface area contributed by atoms with E-state index in [-0.39, 0.29) is 5.82 Å². The monoisotopic (exact) mass is 404 g/mol. The van der Waals surface area contributed by atoms with Crippen molar-refractivity contribution in [1.82, 2.24) is 19.6 Å². The van der Waals surface area contributed by atoms with Crippen molar-refractivity contribution in [3.8, 4) is 11.6 Å². The van der Waals surface area contributed by atoms with Gasteiger partial charge >= 0.3 is 0 Å². The molecule has 1 aromatic carbocycles. The van der Waals surface area contributed by atoms with Gasteiger partial charge in [-0.1, -0.05) is 12.1 Å². The van der Waals surface area contributed by atoms with Crippen molar-refractivity contribution in [2.24, 2.45) is 0 Å². The second-order valence-electron chi connectivity index (χ2n) is 7.76. The third-order valence-corrected chi connectivity index (χ3v) is 6.00. The summed E-state index contributed by atoms with van der Waals surface area (Å²) in [4.78, 5) is 13.9. The van der Waals surface area contributed by atoms with Gasteiger partial charge < -0.3 is 14.2 Å². The average molecular weight is 404 g/mol. The zero-order valence-electron chi connectivity index (χ0n) is 16.5. The molecule has 4 heterocycles. The van der Waals surface area contributed by atoms with Crippen molar-refractivity contribution in [2.75, 3.05) is 36.0 Å². The molecule has 4 aromatic rings. The number of furan rings is 1. The lowest BCUT2D eigenvalue weighted by atomic mass is 10.2. The normalized spacial score (nSPS) is 16.4. The number of hydrogen-bond acceptors (Lipinski definition) is 6. The van der Waals surface area contributed by atoms with Gasteiger partial charge in [0, 0.05) is 31.7 Å². The smallest absolute Gasteiger partial charge is 0.255 e. The van der Waals surface area contributed by atoms with Gasteiger partial charge in [-0.15, -0.1) is 5.10 Å². The van der Waals surface area contributed by atoms with Crippen LogP contribution < -0.4 is 9.80 Å². The molecule has 0 amide bonds. The van der Waals surface area contributed by atoms with Crippen molar-refractivity contribution in [2.45, 2.75) is 19.3 Å². The molecule has 0 atom stereocenters. The third kappa shape index (κ3) is 2.74. The van der Waals surface area contributed by atoms with E-state index in [1.807, 2.05) is 28.8 Å². The zero-order chi connectivity index (χ0) is 20.1. The van der Waals surface area contributed by atoms with Gasteiger partial charge in [-0.2, -0.15) is 9.50 Å². The van der Waals surface area contributed by atoms with Gasteiger partial charge in [0.25, 0.3) is 5.78 Å². The number of halogens is 1. The highest BCUT2D eigenvalue weighted by Crippen LogP contribution is 2.33. The number of para-hydroxylation sites is 1. The van der Waals surface area contributed by atoms with E-state index in [2.05, 4.69) is 14.8 Å². The predicted octanol–water partition coefficient (Wildman–Crippen LogP) is 3.34. The molecule has 0 radical (unpaired) electrons. The quantitative estimate of drug-likeness (QED) is 0.522. The van der Waals surface area contributed by atoms with Crippen molar-refractivity contribution < 1.29 is 8.81 Å². The largest absolute Gasteiger partial charge is 0.461 e. The Bertz CT molecular complexity index is 1210. The number of nitrogens with zero attached hydrogens (tertiary/aromatic N) is 6. The van der Waals surface area contributed by atoms with E-state index in [0.29, 0.717) is 23.0 Å². The van der Waals surface area contributed by atoms with Crippen molar-refractivity contribution in [1.29, 1.82) is 0 Å². The molecule has 0 unspecified atom stereocenters. The van der Waals surface area contributed by atoms with E-state index >= 15 is 0 Å². The Kier molecular flexibility index (Phi) is 3.97. The molecule has 1 aliphatic carbocycles. The van der Waals surface area contributed by atoms with Gasteiger partial charge in [0.15, 0.2) is 5.76 Å². The molecular weight excluding hydrogens is 383 g/mol.